The van der Waals surface area contributed by atoms with Gasteiger partial charge in [-0.15, -0.1) is 0 Å². The van der Waals surface area contributed by atoms with Crippen molar-refractivity contribution in [2.45, 2.75) is 24.5 Å². The van der Waals surface area contributed by atoms with Gasteiger partial charge in [-0.1, -0.05) is 58.4 Å². The smallest absolute Gasteiger partial charge is 0.254 e. The quantitative estimate of drug-likeness (QED) is 0.821. The first-order valence-corrected chi connectivity index (χ1v) is 9.17. The average Bonchev–Trinajstić information content (AvgIpc) is 2.64. The Balaban J connectivity index is 1.88. The monoisotopic (exact) mass is 403 g/mol. The average molecular weight is 404 g/mol. The van der Waals surface area contributed by atoms with Crippen LogP contribution in [-0.4, -0.2) is 26.2 Å². The molecule has 132 valence electrons. The number of carbonyl (C=O) groups is 1. The molecule has 2 aromatic rings. The minimum absolute atomic E-state index is 0.129. The number of benzene rings is 2. The van der Waals surface area contributed by atoms with E-state index in [1.807, 2.05) is 42.5 Å². The van der Waals surface area contributed by atoms with Gasteiger partial charge >= 0.3 is 0 Å². The van der Waals surface area contributed by atoms with Crippen molar-refractivity contribution >= 4 is 21.8 Å². The predicted octanol–water partition coefficient (Wildman–Crippen LogP) is 3.96. The van der Waals surface area contributed by atoms with Crippen molar-refractivity contribution in [3.63, 3.8) is 0 Å². The Morgan fingerprint density at radius 2 is 1.88 bits per heavy atom. The lowest BCUT2D eigenvalue weighted by Crippen LogP contribution is -2.51. The molecule has 0 radical (unpaired) electrons. The molecule has 1 amide bonds. The van der Waals surface area contributed by atoms with E-state index in [0.29, 0.717) is 13.2 Å². The van der Waals surface area contributed by atoms with Crippen LogP contribution in [0.5, 0.6) is 0 Å². The van der Waals surface area contributed by atoms with Crippen molar-refractivity contribution in [3.05, 3.63) is 70.2 Å². The molecule has 0 saturated carbocycles. The van der Waals surface area contributed by atoms with Crippen molar-refractivity contribution in [2.75, 3.05) is 20.3 Å². The van der Waals surface area contributed by atoms with Crippen LogP contribution in [0.4, 0.5) is 0 Å². The van der Waals surface area contributed by atoms with Crippen LogP contribution in [0.1, 0.15) is 30.1 Å². The maximum Gasteiger partial charge on any atom is 0.254 e. The van der Waals surface area contributed by atoms with E-state index in [2.05, 4.69) is 33.4 Å². The van der Waals surface area contributed by atoms with Crippen LogP contribution in [-0.2, 0) is 19.8 Å². The number of halogens is 1. The molecule has 3 rings (SSSR count). The Kier molecular flexibility index (Phi) is 5.89. The summed E-state index contributed by atoms with van der Waals surface area (Å²) < 4.78 is 12.0. The highest BCUT2D eigenvalue weighted by atomic mass is 79.9. The fourth-order valence-electron chi connectivity index (χ4n) is 3.32. The molecule has 5 heteroatoms. The largest absolute Gasteiger partial charge is 0.381 e. The second-order valence-corrected chi connectivity index (χ2v) is 7.14. The summed E-state index contributed by atoms with van der Waals surface area (Å²) in [5.74, 6) is -0.129. The predicted molar refractivity (Wildman–Crippen MR) is 100 cm³/mol. The molecule has 1 aliphatic rings. The maximum atomic E-state index is 13.0. The third-order valence-corrected chi connectivity index (χ3v) is 5.16. The highest BCUT2D eigenvalue weighted by Crippen LogP contribution is 2.34. The fourth-order valence-corrected chi connectivity index (χ4v) is 3.71. The summed E-state index contributed by atoms with van der Waals surface area (Å²) >= 11 is 3.53. The minimum Gasteiger partial charge on any atom is -0.381 e. The maximum absolute atomic E-state index is 13.0. The van der Waals surface area contributed by atoms with E-state index in [9.17, 15) is 4.79 Å². The van der Waals surface area contributed by atoms with Crippen LogP contribution in [0.3, 0.4) is 0 Å². The van der Waals surface area contributed by atoms with Gasteiger partial charge in [-0.2, -0.15) is 0 Å². The molecule has 1 heterocycles. The van der Waals surface area contributed by atoms with E-state index >= 15 is 0 Å². The number of hydrogen-bond acceptors (Lipinski definition) is 3. The van der Waals surface area contributed by atoms with Crippen LogP contribution in [0.15, 0.2) is 59.1 Å². The second kappa shape index (κ2) is 8.13. The van der Waals surface area contributed by atoms with Crippen molar-refractivity contribution in [1.82, 2.24) is 5.32 Å². The van der Waals surface area contributed by atoms with Crippen molar-refractivity contribution in [3.8, 4) is 0 Å². The van der Waals surface area contributed by atoms with Gasteiger partial charge in [0.1, 0.15) is 0 Å². The fraction of sp³-hybridized carbons (Fsp3) is 0.350. The van der Waals surface area contributed by atoms with Gasteiger partial charge in [0.2, 0.25) is 0 Å². The van der Waals surface area contributed by atoms with Gasteiger partial charge in [0.15, 0.2) is 6.10 Å². The van der Waals surface area contributed by atoms with Gasteiger partial charge in [-0.3, -0.25) is 4.79 Å². The molecule has 1 unspecified atom stereocenters. The number of carbonyl (C=O) groups excluding carboxylic acids is 1. The first-order valence-electron chi connectivity index (χ1n) is 8.38. The minimum atomic E-state index is -0.631. The van der Waals surface area contributed by atoms with Crippen LogP contribution >= 0.6 is 15.9 Å². The van der Waals surface area contributed by atoms with Gasteiger partial charge in [0, 0.05) is 24.8 Å². The summed E-state index contributed by atoms with van der Waals surface area (Å²) in [7, 11) is 1.56. The van der Waals surface area contributed by atoms with E-state index < -0.39 is 11.6 Å². The Hall–Kier alpha value is -1.69. The summed E-state index contributed by atoms with van der Waals surface area (Å²) in [6, 6.07) is 17.7. The zero-order valence-corrected chi connectivity index (χ0v) is 15.8. The van der Waals surface area contributed by atoms with Crippen molar-refractivity contribution in [1.29, 1.82) is 0 Å². The zero-order valence-electron chi connectivity index (χ0n) is 14.2. The Morgan fingerprint density at radius 3 is 2.52 bits per heavy atom. The van der Waals surface area contributed by atoms with E-state index in [1.54, 1.807) is 7.11 Å². The third kappa shape index (κ3) is 4.11. The number of rotatable bonds is 5. The van der Waals surface area contributed by atoms with E-state index in [-0.39, 0.29) is 5.91 Å². The molecule has 4 nitrogen and oxygen atoms in total. The summed E-state index contributed by atoms with van der Waals surface area (Å²) in [6.45, 7) is 1.24. The highest BCUT2D eigenvalue weighted by molar-refractivity contribution is 9.10. The molecule has 25 heavy (non-hydrogen) atoms. The molecule has 0 bridgehead atoms. The van der Waals surface area contributed by atoms with E-state index in [4.69, 9.17) is 9.47 Å². The Morgan fingerprint density at radius 1 is 1.16 bits per heavy atom. The summed E-state index contributed by atoms with van der Waals surface area (Å²) in [5, 5.41) is 3.26. The first kappa shape index (κ1) is 18.1. The molecular formula is C20H22BrNO3. The standard InChI is InChI=1S/C20H22BrNO3/c1-24-18(15-6-3-2-4-7-15)19(23)22-20(10-12-25-13-11-20)16-8-5-9-17(21)14-16/h2-9,14,18H,10-13H2,1H3,(H,22,23). The summed E-state index contributed by atoms with van der Waals surface area (Å²) in [6.07, 6.45) is 0.842. The van der Waals surface area contributed by atoms with E-state index in [0.717, 1.165) is 28.4 Å². The Labute approximate surface area is 156 Å². The number of nitrogens with one attached hydrogen (secondary N) is 1. The molecule has 1 fully saturated rings. The zero-order chi connectivity index (χ0) is 17.7. The summed E-state index contributed by atoms with van der Waals surface area (Å²) in [5.41, 5.74) is 1.49. The first-order chi connectivity index (χ1) is 12.1. The molecule has 0 aromatic heterocycles. The van der Waals surface area contributed by atoms with Crippen LogP contribution < -0.4 is 5.32 Å². The molecule has 1 N–H and O–H groups in total. The third-order valence-electron chi connectivity index (χ3n) is 4.66. The highest BCUT2D eigenvalue weighted by Gasteiger charge is 2.38. The van der Waals surface area contributed by atoms with Crippen molar-refractivity contribution < 1.29 is 14.3 Å². The van der Waals surface area contributed by atoms with E-state index in [1.165, 1.54) is 0 Å². The lowest BCUT2D eigenvalue weighted by atomic mass is 9.82. The van der Waals surface area contributed by atoms with Crippen molar-refractivity contribution in [2.24, 2.45) is 0 Å². The number of hydrogen-bond donors (Lipinski definition) is 1. The number of amides is 1. The lowest BCUT2D eigenvalue weighted by Gasteiger charge is -2.39. The molecule has 0 spiro atoms. The van der Waals surface area contributed by atoms with Crippen LogP contribution in [0, 0.1) is 0 Å². The lowest BCUT2D eigenvalue weighted by molar-refractivity contribution is -0.135. The molecule has 1 aliphatic heterocycles. The van der Waals surface area contributed by atoms with Crippen LogP contribution in [0.25, 0.3) is 0 Å². The van der Waals surface area contributed by atoms with Gasteiger partial charge in [0.25, 0.3) is 5.91 Å². The normalized spacial score (nSPS) is 17.7. The van der Waals surface area contributed by atoms with Gasteiger partial charge < -0.3 is 14.8 Å². The molecular weight excluding hydrogens is 382 g/mol. The molecule has 1 saturated heterocycles. The SMILES string of the molecule is COC(C(=O)NC1(c2cccc(Br)c2)CCOCC1)c1ccccc1. The number of ether oxygens (including phenoxy) is 2. The molecule has 2 aromatic carbocycles. The summed E-state index contributed by atoms with van der Waals surface area (Å²) in [4.78, 5) is 13.0. The van der Waals surface area contributed by atoms with Gasteiger partial charge in [-0.05, 0) is 36.1 Å². The molecule has 1 atom stereocenters. The topological polar surface area (TPSA) is 47.6 Å². The van der Waals surface area contributed by atoms with Crippen LogP contribution in [0.2, 0.25) is 0 Å². The molecule has 0 aliphatic carbocycles. The second-order valence-electron chi connectivity index (χ2n) is 6.22. The Bertz CT molecular complexity index is 714. The van der Waals surface area contributed by atoms with Gasteiger partial charge in [0.05, 0.1) is 5.54 Å². The van der Waals surface area contributed by atoms with Gasteiger partial charge in [-0.25, -0.2) is 0 Å². The number of methoxy groups -OCH3 is 1.